The van der Waals surface area contributed by atoms with Crippen LogP contribution in [0.25, 0.3) is 116 Å². The van der Waals surface area contributed by atoms with Crippen molar-refractivity contribution in [2.45, 2.75) is 0 Å². The molecule has 3 nitrogen and oxygen atoms in total. The van der Waals surface area contributed by atoms with Crippen molar-refractivity contribution >= 4 is 71.6 Å². The Labute approximate surface area is 423 Å². The van der Waals surface area contributed by atoms with Crippen LogP contribution in [-0.2, 0) is 0 Å². The summed E-state index contributed by atoms with van der Waals surface area (Å²) in [6, 6.07) is 101. The third-order valence-electron chi connectivity index (χ3n) is 14.6. The molecule has 0 aliphatic rings. The molecule has 342 valence electrons. The fourth-order valence-electron chi connectivity index (χ4n) is 10.9. The molecule has 0 aliphatic carbocycles. The van der Waals surface area contributed by atoms with E-state index in [1.807, 2.05) is 12.1 Å². The maximum absolute atomic E-state index is 6.16. The summed E-state index contributed by atoms with van der Waals surface area (Å²) < 4.78 is 8.57. The molecule has 0 saturated heterocycles. The van der Waals surface area contributed by atoms with Gasteiger partial charge in [-0.1, -0.05) is 194 Å². The van der Waals surface area contributed by atoms with E-state index in [1.54, 1.807) is 0 Å². The van der Waals surface area contributed by atoms with Crippen LogP contribution in [0.2, 0.25) is 0 Å². The van der Waals surface area contributed by atoms with Crippen molar-refractivity contribution in [3.8, 4) is 61.3 Å². The third-order valence-corrected chi connectivity index (χ3v) is 14.6. The summed E-state index contributed by atoms with van der Waals surface area (Å²) in [5.74, 6) is 0. The average Bonchev–Trinajstić information content (AvgIpc) is 4.01. The Balaban J connectivity index is 0.795. The number of furan rings is 1. The highest BCUT2D eigenvalue weighted by Gasteiger charge is 2.18. The van der Waals surface area contributed by atoms with E-state index in [0.29, 0.717) is 0 Å². The van der Waals surface area contributed by atoms with Crippen LogP contribution in [-0.4, -0.2) is 4.57 Å². The number of aromatic nitrogens is 1. The number of hydrogen-bond acceptors (Lipinski definition) is 2. The molecule has 3 heteroatoms. The zero-order valence-corrected chi connectivity index (χ0v) is 39.9. The first-order valence-corrected chi connectivity index (χ1v) is 25.0. The Bertz CT molecular complexity index is 4300. The number of hydrogen-bond donors (Lipinski definition) is 0. The molecule has 14 rings (SSSR count). The van der Waals surface area contributed by atoms with Crippen molar-refractivity contribution < 1.29 is 4.42 Å². The van der Waals surface area contributed by atoms with E-state index in [1.165, 1.54) is 71.6 Å². The molecule has 12 aromatic carbocycles. The molecular weight excluding hydrogens is 885 g/mol. The summed E-state index contributed by atoms with van der Waals surface area (Å²) in [6.07, 6.45) is 0. The van der Waals surface area contributed by atoms with E-state index in [-0.39, 0.29) is 0 Å². The number of nitrogens with zero attached hydrogens (tertiary/aromatic N) is 2. The van der Waals surface area contributed by atoms with Gasteiger partial charge in [-0.2, -0.15) is 0 Å². The second-order valence-electron chi connectivity index (χ2n) is 18.9. The molecule has 0 aliphatic heterocycles. The minimum Gasteiger partial charge on any atom is -0.456 e. The smallest absolute Gasteiger partial charge is 0.135 e. The van der Waals surface area contributed by atoms with Gasteiger partial charge in [0.2, 0.25) is 0 Å². The van der Waals surface area contributed by atoms with Gasteiger partial charge in [0.1, 0.15) is 11.2 Å². The van der Waals surface area contributed by atoms with E-state index in [2.05, 4.69) is 276 Å². The zero-order valence-electron chi connectivity index (χ0n) is 39.9. The fraction of sp³-hybridized carbons (Fsp3) is 0. The third kappa shape index (κ3) is 7.54. The predicted octanol–water partition coefficient (Wildman–Crippen LogP) is 19.6. The van der Waals surface area contributed by atoms with Gasteiger partial charge < -0.3 is 13.9 Å². The van der Waals surface area contributed by atoms with Gasteiger partial charge in [-0.3, -0.25) is 0 Å². The van der Waals surface area contributed by atoms with Crippen LogP contribution < -0.4 is 4.90 Å². The molecule has 0 spiro atoms. The maximum atomic E-state index is 6.16. The van der Waals surface area contributed by atoms with Gasteiger partial charge in [-0.15, -0.1) is 0 Å². The quantitative estimate of drug-likeness (QED) is 0.144. The van der Waals surface area contributed by atoms with Gasteiger partial charge in [-0.25, -0.2) is 0 Å². The number of fused-ring (bicyclic) bond motifs is 7. The van der Waals surface area contributed by atoms with Crippen molar-refractivity contribution in [3.05, 3.63) is 279 Å². The fourth-order valence-corrected chi connectivity index (χ4v) is 10.9. The molecule has 0 amide bonds. The first-order chi connectivity index (χ1) is 36.2. The highest BCUT2D eigenvalue weighted by Crippen LogP contribution is 2.41. The standard InChI is InChI=1S/C70H46N2O/c1-2-13-53-45-56(29-26-47(53)12-1)55-15-11-14-54(44-55)50-32-39-59(40-33-50)71(60-41-34-51(35-42-60)57-36-43-70-65(46-57)64-19-6-10-23-69(64)73-70)58-37-30-49(31-38-58)48-24-27-52(28-25-48)61-16-3-7-20-66(61)72-67-21-8-4-17-62(67)63-18-5-9-22-68(63)72/h1-46H. The van der Waals surface area contributed by atoms with Gasteiger partial charge in [0.15, 0.2) is 0 Å². The predicted molar refractivity (Wildman–Crippen MR) is 307 cm³/mol. The summed E-state index contributed by atoms with van der Waals surface area (Å²) in [7, 11) is 0. The molecule has 0 saturated carbocycles. The van der Waals surface area contributed by atoms with E-state index in [0.717, 1.165) is 61.3 Å². The largest absolute Gasteiger partial charge is 0.456 e. The molecule has 0 fully saturated rings. The van der Waals surface area contributed by atoms with Gasteiger partial charge in [0.25, 0.3) is 0 Å². The van der Waals surface area contributed by atoms with Crippen LogP contribution in [0.3, 0.4) is 0 Å². The first-order valence-electron chi connectivity index (χ1n) is 25.0. The van der Waals surface area contributed by atoms with Crippen molar-refractivity contribution in [1.29, 1.82) is 0 Å². The molecule has 14 aromatic rings. The van der Waals surface area contributed by atoms with Crippen LogP contribution in [0.4, 0.5) is 17.1 Å². The van der Waals surface area contributed by atoms with E-state index in [4.69, 9.17) is 4.42 Å². The van der Waals surface area contributed by atoms with Gasteiger partial charge in [-0.05, 0) is 146 Å². The average molecular weight is 931 g/mol. The topological polar surface area (TPSA) is 21.3 Å². The molecule has 73 heavy (non-hydrogen) atoms. The molecule has 0 N–H and O–H groups in total. The number of rotatable bonds is 9. The summed E-state index contributed by atoms with van der Waals surface area (Å²) in [6.45, 7) is 0. The van der Waals surface area contributed by atoms with Crippen molar-refractivity contribution in [1.82, 2.24) is 4.57 Å². The van der Waals surface area contributed by atoms with Crippen LogP contribution in [0.15, 0.2) is 283 Å². The van der Waals surface area contributed by atoms with Crippen LogP contribution in [0, 0.1) is 0 Å². The van der Waals surface area contributed by atoms with Crippen molar-refractivity contribution in [3.63, 3.8) is 0 Å². The zero-order chi connectivity index (χ0) is 48.2. The van der Waals surface area contributed by atoms with Crippen molar-refractivity contribution in [2.24, 2.45) is 0 Å². The van der Waals surface area contributed by atoms with E-state index < -0.39 is 0 Å². The van der Waals surface area contributed by atoms with Gasteiger partial charge in [0.05, 0.1) is 16.7 Å². The van der Waals surface area contributed by atoms with Crippen molar-refractivity contribution in [2.75, 3.05) is 4.90 Å². The number of benzene rings is 12. The summed E-state index contributed by atoms with van der Waals surface area (Å²) in [4.78, 5) is 2.35. The van der Waals surface area contributed by atoms with Crippen LogP contribution in [0.5, 0.6) is 0 Å². The summed E-state index contributed by atoms with van der Waals surface area (Å²) in [5.41, 5.74) is 20.4. The Kier molecular flexibility index (Phi) is 10.2. The van der Waals surface area contributed by atoms with Gasteiger partial charge >= 0.3 is 0 Å². The summed E-state index contributed by atoms with van der Waals surface area (Å²) in [5, 5.41) is 7.27. The lowest BCUT2D eigenvalue weighted by Crippen LogP contribution is -2.09. The van der Waals surface area contributed by atoms with E-state index in [9.17, 15) is 0 Å². The first kappa shape index (κ1) is 42.2. The minimum atomic E-state index is 0.900. The van der Waals surface area contributed by atoms with Crippen LogP contribution >= 0.6 is 0 Å². The second kappa shape index (κ2) is 17.6. The Morgan fingerprint density at radius 2 is 0.699 bits per heavy atom. The molecule has 0 radical (unpaired) electrons. The van der Waals surface area contributed by atoms with E-state index >= 15 is 0 Å². The Morgan fingerprint density at radius 3 is 1.36 bits per heavy atom. The number of para-hydroxylation sites is 4. The second-order valence-corrected chi connectivity index (χ2v) is 18.9. The lowest BCUT2D eigenvalue weighted by molar-refractivity contribution is 0.669. The molecular formula is C70H46N2O. The highest BCUT2D eigenvalue weighted by atomic mass is 16.3. The molecule has 0 atom stereocenters. The van der Waals surface area contributed by atoms with Crippen LogP contribution in [0.1, 0.15) is 0 Å². The summed E-state index contributed by atoms with van der Waals surface area (Å²) >= 11 is 0. The normalized spacial score (nSPS) is 11.6. The molecule has 2 aromatic heterocycles. The molecule has 0 unspecified atom stereocenters. The molecule has 0 bridgehead atoms. The monoisotopic (exact) mass is 930 g/mol. The lowest BCUT2D eigenvalue weighted by atomic mass is 9.97. The SMILES string of the molecule is c1cc(-c2ccc(N(c3ccc(-c4ccc(-c5ccccc5-n5c6ccccc6c6ccccc65)cc4)cc3)c3ccc(-c4ccc5oc6ccccc6c5c4)cc3)cc2)cc(-c2ccc3ccccc3c2)c1. The Morgan fingerprint density at radius 1 is 0.260 bits per heavy atom. The Hall–Kier alpha value is -9.70. The maximum Gasteiger partial charge on any atom is 0.135 e. The highest BCUT2D eigenvalue weighted by molar-refractivity contribution is 6.10. The lowest BCUT2D eigenvalue weighted by Gasteiger charge is -2.26. The molecule has 2 heterocycles. The van der Waals surface area contributed by atoms with Gasteiger partial charge in [0, 0.05) is 44.2 Å². The number of anilines is 3. The minimum absolute atomic E-state index is 0.900.